The van der Waals surface area contributed by atoms with Crippen molar-refractivity contribution in [3.8, 4) is 0 Å². The fourth-order valence-electron chi connectivity index (χ4n) is 1.08. The van der Waals surface area contributed by atoms with E-state index < -0.39 is 0 Å². The molecule has 1 amide bonds. The zero-order valence-corrected chi connectivity index (χ0v) is 11.5. The predicted molar refractivity (Wildman–Crippen MR) is 70.5 cm³/mol. The normalized spacial score (nSPS) is 11.2. The number of Topliss-reactive ketones (excluding diaryl/α,β-unsaturated/α-hetero) is 1. The lowest BCUT2D eigenvalue weighted by Gasteiger charge is -2.15. The SMILES string of the molecule is CC(=O)/C(C)=N/OCC(=O)N(C)Cc1cccs1. The van der Waals surface area contributed by atoms with Crippen molar-refractivity contribution in [3.63, 3.8) is 0 Å². The summed E-state index contributed by atoms with van der Waals surface area (Å²) in [4.78, 5) is 30.0. The van der Waals surface area contributed by atoms with Gasteiger partial charge in [-0.1, -0.05) is 11.2 Å². The Labute approximate surface area is 110 Å². The van der Waals surface area contributed by atoms with Crippen LogP contribution in [-0.4, -0.2) is 36.0 Å². The van der Waals surface area contributed by atoms with Crippen LogP contribution in [-0.2, 0) is 21.0 Å². The summed E-state index contributed by atoms with van der Waals surface area (Å²) in [5.41, 5.74) is 0.253. The van der Waals surface area contributed by atoms with E-state index in [0.29, 0.717) is 6.54 Å². The highest BCUT2D eigenvalue weighted by molar-refractivity contribution is 7.09. The third-order valence-corrected chi connectivity index (χ3v) is 3.16. The lowest BCUT2D eigenvalue weighted by Crippen LogP contribution is -2.29. The van der Waals surface area contributed by atoms with Crippen molar-refractivity contribution in [2.75, 3.05) is 13.7 Å². The van der Waals surface area contributed by atoms with Gasteiger partial charge in [-0.25, -0.2) is 0 Å². The van der Waals surface area contributed by atoms with E-state index in [1.54, 1.807) is 30.2 Å². The number of likely N-dealkylation sites (N-methyl/N-ethyl adjacent to an activating group) is 1. The molecule has 1 heterocycles. The Morgan fingerprint density at radius 1 is 1.44 bits per heavy atom. The van der Waals surface area contributed by atoms with Crippen molar-refractivity contribution in [2.24, 2.45) is 5.16 Å². The van der Waals surface area contributed by atoms with E-state index >= 15 is 0 Å². The van der Waals surface area contributed by atoms with Crippen LogP contribution in [0.2, 0.25) is 0 Å². The molecule has 0 aliphatic carbocycles. The molecule has 18 heavy (non-hydrogen) atoms. The van der Waals surface area contributed by atoms with Gasteiger partial charge >= 0.3 is 0 Å². The number of ketones is 1. The smallest absolute Gasteiger partial charge is 0.263 e. The molecule has 5 nitrogen and oxygen atoms in total. The molecule has 0 aromatic carbocycles. The van der Waals surface area contributed by atoms with Crippen LogP contribution in [0.5, 0.6) is 0 Å². The molecule has 1 aromatic heterocycles. The summed E-state index contributed by atoms with van der Waals surface area (Å²) in [6.45, 7) is 3.33. The number of carbonyl (C=O) groups excluding carboxylic acids is 2. The molecule has 0 saturated carbocycles. The second-order valence-corrected chi connectivity index (χ2v) is 4.87. The number of nitrogens with zero attached hydrogens (tertiary/aromatic N) is 2. The van der Waals surface area contributed by atoms with Gasteiger partial charge in [0.15, 0.2) is 12.4 Å². The maximum Gasteiger partial charge on any atom is 0.263 e. The van der Waals surface area contributed by atoms with Crippen LogP contribution in [0.4, 0.5) is 0 Å². The maximum absolute atomic E-state index is 11.7. The number of rotatable bonds is 6. The Morgan fingerprint density at radius 2 is 2.17 bits per heavy atom. The number of hydrogen-bond donors (Lipinski definition) is 0. The van der Waals surface area contributed by atoms with E-state index in [1.165, 1.54) is 6.92 Å². The average Bonchev–Trinajstić information content (AvgIpc) is 2.81. The first-order chi connectivity index (χ1) is 8.50. The Kier molecular flexibility index (Phi) is 5.51. The van der Waals surface area contributed by atoms with Crippen LogP contribution >= 0.6 is 11.3 Å². The van der Waals surface area contributed by atoms with E-state index in [4.69, 9.17) is 4.84 Å². The minimum atomic E-state index is -0.177. The lowest BCUT2D eigenvalue weighted by molar-refractivity contribution is -0.135. The Bertz CT molecular complexity index is 440. The van der Waals surface area contributed by atoms with Crippen molar-refractivity contribution in [1.82, 2.24) is 4.90 Å². The number of amides is 1. The molecular formula is C12H16N2O3S. The topological polar surface area (TPSA) is 59.0 Å². The van der Waals surface area contributed by atoms with Crippen LogP contribution in [0.1, 0.15) is 18.7 Å². The van der Waals surface area contributed by atoms with Crippen LogP contribution in [0.15, 0.2) is 22.7 Å². The number of thiophene rings is 1. The summed E-state index contributed by atoms with van der Waals surface area (Å²) in [6, 6.07) is 3.91. The maximum atomic E-state index is 11.7. The highest BCUT2D eigenvalue weighted by Gasteiger charge is 2.10. The van der Waals surface area contributed by atoms with Crippen molar-refractivity contribution in [1.29, 1.82) is 0 Å². The zero-order chi connectivity index (χ0) is 13.5. The molecule has 0 fully saturated rings. The van der Waals surface area contributed by atoms with Crippen molar-refractivity contribution in [2.45, 2.75) is 20.4 Å². The highest BCUT2D eigenvalue weighted by atomic mass is 32.1. The van der Waals surface area contributed by atoms with Gasteiger partial charge in [-0.3, -0.25) is 9.59 Å². The summed E-state index contributed by atoms with van der Waals surface area (Å²) >= 11 is 1.59. The molecule has 0 unspecified atom stereocenters. The van der Waals surface area contributed by atoms with Gasteiger partial charge in [0.2, 0.25) is 0 Å². The van der Waals surface area contributed by atoms with Crippen molar-refractivity contribution < 1.29 is 14.4 Å². The summed E-state index contributed by atoms with van der Waals surface area (Å²) in [5, 5.41) is 5.53. The molecule has 0 atom stereocenters. The molecule has 0 aliphatic heterocycles. The van der Waals surface area contributed by atoms with E-state index in [-0.39, 0.29) is 24.0 Å². The molecule has 0 radical (unpaired) electrons. The molecule has 0 aliphatic rings. The van der Waals surface area contributed by atoms with E-state index in [1.807, 2.05) is 17.5 Å². The molecule has 0 bridgehead atoms. The molecule has 98 valence electrons. The van der Waals surface area contributed by atoms with E-state index in [0.717, 1.165) is 4.88 Å². The first-order valence-electron chi connectivity index (χ1n) is 5.44. The number of oxime groups is 1. The van der Waals surface area contributed by atoms with Crippen LogP contribution in [0.25, 0.3) is 0 Å². The van der Waals surface area contributed by atoms with Crippen molar-refractivity contribution in [3.05, 3.63) is 22.4 Å². The fourth-order valence-corrected chi connectivity index (χ4v) is 1.84. The molecule has 6 heteroatoms. The summed E-state index contributed by atoms with van der Waals surface area (Å²) in [7, 11) is 1.70. The fraction of sp³-hybridized carbons (Fsp3) is 0.417. The van der Waals surface area contributed by atoms with Gasteiger partial charge in [-0.15, -0.1) is 11.3 Å². The predicted octanol–water partition coefficient (Wildman–Crippen LogP) is 1.69. The van der Waals surface area contributed by atoms with E-state index in [2.05, 4.69) is 5.16 Å². The van der Waals surface area contributed by atoms with Gasteiger partial charge in [-0.2, -0.15) is 0 Å². The average molecular weight is 268 g/mol. The third kappa shape index (κ3) is 4.67. The van der Waals surface area contributed by atoms with Gasteiger partial charge < -0.3 is 9.74 Å². The molecular weight excluding hydrogens is 252 g/mol. The Balaban J connectivity index is 2.37. The standard InChI is InChI=1S/C12H16N2O3S/c1-9(10(2)15)13-17-8-12(16)14(3)7-11-5-4-6-18-11/h4-6H,7-8H2,1-3H3/b13-9+. The lowest BCUT2D eigenvalue weighted by atomic mass is 10.3. The molecule has 0 spiro atoms. The van der Waals surface area contributed by atoms with Gasteiger partial charge in [0.25, 0.3) is 5.91 Å². The molecule has 1 rings (SSSR count). The Hall–Kier alpha value is -1.69. The first-order valence-corrected chi connectivity index (χ1v) is 6.32. The number of hydrogen-bond acceptors (Lipinski definition) is 5. The quantitative estimate of drug-likeness (QED) is 0.582. The Morgan fingerprint density at radius 3 is 2.72 bits per heavy atom. The largest absolute Gasteiger partial charge is 0.385 e. The second kappa shape index (κ2) is 6.90. The molecule has 0 saturated heterocycles. The zero-order valence-electron chi connectivity index (χ0n) is 10.7. The number of carbonyl (C=O) groups is 2. The van der Waals surface area contributed by atoms with Crippen LogP contribution in [0, 0.1) is 0 Å². The monoisotopic (exact) mass is 268 g/mol. The van der Waals surface area contributed by atoms with Gasteiger partial charge in [0.05, 0.1) is 6.54 Å². The van der Waals surface area contributed by atoms with Gasteiger partial charge in [-0.05, 0) is 18.4 Å². The molecule has 1 aromatic rings. The minimum absolute atomic E-state index is 0.160. The highest BCUT2D eigenvalue weighted by Crippen LogP contribution is 2.10. The first kappa shape index (κ1) is 14.4. The van der Waals surface area contributed by atoms with Crippen LogP contribution in [0.3, 0.4) is 0 Å². The van der Waals surface area contributed by atoms with Gasteiger partial charge in [0.1, 0.15) is 5.71 Å². The minimum Gasteiger partial charge on any atom is -0.385 e. The summed E-state index contributed by atoms with van der Waals surface area (Å²) in [5.74, 6) is -0.349. The second-order valence-electron chi connectivity index (χ2n) is 3.84. The summed E-state index contributed by atoms with van der Waals surface area (Å²) in [6.07, 6.45) is 0. The summed E-state index contributed by atoms with van der Waals surface area (Å²) < 4.78 is 0. The molecule has 0 N–H and O–H groups in total. The van der Waals surface area contributed by atoms with Crippen molar-refractivity contribution >= 4 is 28.7 Å². The van der Waals surface area contributed by atoms with Crippen LogP contribution < -0.4 is 0 Å². The third-order valence-electron chi connectivity index (χ3n) is 2.30. The van der Waals surface area contributed by atoms with E-state index in [9.17, 15) is 9.59 Å². The van der Waals surface area contributed by atoms with Gasteiger partial charge in [0, 0.05) is 18.8 Å².